The first kappa shape index (κ1) is 14.3. The van der Waals surface area contributed by atoms with Gasteiger partial charge in [0.15, 0.2) is 0 Å². The Balaban J connectivity index is 1.66. The van der Waals surface area contributed by atoms with Crippen LogP contribution in [0, 0.1) is 11.8 Å². The number of rotatable bonds is 4. The van der Waals surface area contributed by atoms with Crippen LogP contribution in [0.15, 0.2) is 30.3 Å². The zero-order chi connectivity index (χ0) is 15.1. The highest BCUT2D eigenvalue weighted by molar-refractivity contribution is 5.74. The van der Waals surface area contributed by atoms with Gasteiger partial charge in [-0.3, -0.25) is 9.69 Å². The van der Waals surface area contributed by atoms with Crippen LogP contribution >= 0.6 is 0 Å². The number of methoxy groups -OCH3 is 1. The molecule has 4 atom stereocenters. The lowest BCUT2D eigenvalue weighted by Gasteiger charge is -2.44. The van der Waals surface area contributed by atoms with Crippen LogP contribution in [0.2, 0.25) is 0 Å². The summed E-state index contributed by atoms with van der Waals surface area (Å²) < 4.78 is 5.14. The normalized spacial score (nSPS) is 34.6. The van der Waals surface area contributed by atoms with E-state index in [0.717, 1.165) is 12.3 Å². The molecule has 2 heterocycles. The maximum atomic E-state index is 12.4. The first-order valence-electron chi connectivity index (χ1n) is 8.66. The number of hydrogen-bond acceptors (Lipinski definition) is 3. The van der Waals surface area contributed by atoms with Crippen molar-refractivity contribution in [1.82, 2.24) is 4.90 Å². The maximum Gasteiger partial charge on any atom is 0.309 e. The number of carbonyl (C=O) groups is 1. The summed E-state index contributed by atoms with van der Waals surface area (Å²) in [5.41, 5.74) is 1.31. The van der Waals surface area contributed by atoms with E-state index in [1.165, 1.54) is 44.9 Å². The molecule has 1 aromatic carbocycles. The van der Waals surface area contributed by atoms with E-state index in [4.69, 9.17) is 4.74 Å². The molecule has 0 unspecified atom stereocenters. The third kappa shape index (κ3) is 2.45. The molecule has 118 valence electrons. The van der Waals surface area contributed by atoms with Gasteiger partial charge in [-0.2, -0.15) is 0 Å². The van der Waals surface area contributed by atoms with Crippen molar-refractivity contribution >= 4 is 5.97 Å². The summed E-state index contributed by atoms with van der Waals surface area (Å²) in [7, 11) is 1.53. The van der Waals surface area contributed by atoms with Gasteiger partial charge in [0, 0.05) is 24.5 Å². The number of esters is 1. The van der Waals surface area contributed by atoms with E-state index in [9.17, 15) is 4.79 Å². The molecule has 0 N–H and O–H groups in total. The minimum atomic E-state index is -0.0168. The van der Waals surface area contributed by atoms with E-state index >= 15 is 0 Å². The molecule has 3 heteroatoms. The van der Waals surface area contributed by atoms with Crippen LogP contribution in [0.25, 0.3) is 0 Å². The minimum Gasteiger partial charge on any atom is -0.469 e. The molecule has 1 saturated carbocycles. The Morgan fingerprint density at radius 1 is 1.18 bits per heavy atom. The molecule has 2 aliphatic heterocycles. The Morgan fingerprint density at radius 3 is 2.64 bits per heavy atom. The highest BCUT2D eigenvalue weighted by Crippen LogP contribution is 2.49. The van der Waals surface area contributed by atoms with Gasteiger partial charge in [-0.1, -0.05) is 30.3 Å². The molecule has 1 aromatic rings. The Hall–Kier alpha value is -1.35. The van der Waals surface area contributed by atoms with Crippen molar-refractivity contribution in [3.05, 3.63) is 35.9 Å². The fourth-order valence-corrected chi connectivity index (χ4v) is 4.72. The highest BCUT2D eigenvalue weighted by Gasteiger charge is 2.51. The second-order valence-electron chi connectivity index (χ2n) is 7.24. The third-order valence-electron chi connectivity index (χ3n) is 5.92. The van der Waals surface area contributed by atoms with E-state index in [2.05, 4.69) is 35.2 Å². The van der Waals surface area contributed by atoms with Crippen LogP contribution in [0.4, 0.5) is 0 Å². The smallest absolute Gasteiger partial charge is 0.309 e. The first-order chi connectivity index (χ1) is 10.8. The largest absolute Gasteiger partial charge is 0.469 e. The van der Waals surface area contributed by atoms with E-state index in [1.54, 1.807) is 0 Å². The van der Waals surface area contributed by atoms with Crippen LogP contribution in [0.3, 0.4) is 0 Å². The molecule has 4 rings (SSSR count). The predicted molar refractivity (Wildman–Crippen MR) is 85.5 cm³/mol. The van der Waals surface area contributed by atoms with Gasteiger partial charge in [-0.05, 0) is 43.6 Å². The summed E-state index contributed by atoms with van der Waals surface area (Å²) in [6.45, 7) is 1.24. The van der Waals surface area contributed by atoms with Crippen molar-refractivity contribution < 1.29 is 9.53 Å². The Bertz CT molecular complexity index is 540. The van der Waals surface area contributed by atoms with E-state index < -0.39 is 0 Å². The molecule has 0 spiro atoms. The molecule has 0 radical (unpaired) electrons. The van der Waals surface area contributed by atoms with Gasteiger partial charge < -0.3 is 4.74 Å². The summed E-state index contributed by atoms with van der Waals surface area (Å²) in [6, 6.07) is 11.7. The monoisotopic (exact) mass is 299 g/mol. The van der Waals surface area contributed by atoms with E-state index in [1.807, 2.05) is 0 Å². The molecule has 0 aromatic heterocycles. The van der Waals surface area contributed by atoms with Gasteiger partial charge >= 0.3 is 5.97 Å². The molecule has 22 heavy (non-hydrogen) atoms. The van der Waals surface area contributed by atoms with Crippen molar-refractivity contribution in [3.63, 3.8) is 0 Å². The third-order valence-corrected chi connectivity index (χ3v) is 5.92. The Labute approximate surface area is 132 Å². The molecule has 2 bridgehead atoms. The molecule has 3 nitrogen and oxygen atoms in total. The topological polar surface area (TPSA) is 29.5 Å². The van der Waals surface area contributed by atoms with Gasteiger partial charge in [0.1, 0.15) is 0 Å². The number of benzene rings is 1. The fourth-order valence-electron chi connectivity index (χ4n) is 4.72. The van der Waals surface area contributed by atoms with Gasteiger partial charge in [-0.25, -0.2) is 0 Å². The quantitative estimate of drug-likeness (QED) is 0.800. The lowest BCUT2D eigenvalue weighted by molar-refractivity contribution is -0.149. The van der Waals surface area contributed by atoms with Crippen molar-refractivity contribution in [2.75, 3.05) is 13.7 Å². The standard InChI is InChI=1S/C19H25NO2/c1-22-19(21)16-11-15-9-10-17(20(15)12-13-7-8-13)18(16)14-5-3-2-4-6-14/h2-6,13,15-18H,7-12H2,1H3/t15-,16+,17-,18+/m1/s1. The molecule has 3 fully saturated rings. The van der Waals surface area contributed by atoms with E-state index in [0.29, 0.717) is 18.0 Å². The molecule has 0 amide bonds. The summed E-state index contributed by atoms with van der Waals surface area (Å²) in [5, 5.41) is 0. The fraction of sp³-hybridized carbons (Fsp3) is 0.632. The molecule has 2 saturated heterocycles. The number of fused-ring (bicyclic) bond motifs is 2. The van der Waals surface area contributed by atoms with Crippen LogP contribution < -0.4 is 0 Å². The summed E-state index contributed by atoms with van der Waals surface area (Å²) in [6.07, 6.45) is 6.23. The van der Waals surface area contributed by atoms with E-state index in [-0.39, 0.29) is 11.9 Å². The number of carbonyl (C=O) groups excluding carboxylic acids is 1. The highest BCUT2D eigenvalue weighted by atomic mass is 16.5. The molecular weight excluding hydrogens is 274 g/mol. The number of ether oxygens (including phenoxy) is 1. The zero-order valence-electron chi connectivity index (χ0n) is 13.3. The maximum absolute atomic E-state index is 12.4. The minimum absolute atomic E-state index is 0.0168. The van der Waals surface area contributed by atoms with Crippen molar-refractivity contribution in [3.8, 4) is 0 Å². The molecule has 1 aliphatic carbocycles. The van der Waals surface area contributed by atoms with Gasteiger partial charge in [0.05, 0.1) is 13.0 Å². The van der Waals surface area contributed by atoms with Crippen LogP contribution in [0.1, 0.15) is 43.6 Å². The lowest BCUT2D eigenvalue weighted by atomic mass is 9.75. The number of piperidine rings is 1. The van der Waals surface area contributed by atoms with Gasteiger partial charge in [-0.15, -0.1) is 0 Å². The van der Waals surface area contributed by atoms with Gasteiger partial charge in [0.2, 0.25) is 0 Å². The van der Waals surface area contributed by atoms with Crippen LogP contribution in [0.5, 0.6) is 0 Å². The summed E-state index contributed by atoms with van der Waals surface area (Å²) >= 11 is 0. The second kappa shape index (κ2) is 5.69. The summed E-state index contributed by atoms with van der Waals surface area (Å²) in [5.74, 6) is 1.22. The average molecular weight is 299 g/mol. The Morgan fingerprint density at radius 2 is 1.95 bits per heavy atom. The van der Waals surface area contributed by atoms with Crippen molar-refractivity contribution in [2.24, 2.45) is 11.8 Å². The lowest BCUT2D eigenvalue weighted by Crippen LogP contribution is -2.50. The van der Waals surface area contributed by atoms with Crippen molar-refractivity contribution in [2.45, 2.75) is 50.1 Å². The zero-order valence-corrected chi connectivity index (χ0v) is 13.3. The molecule has 3 aliphatic rings. The van der Waals surface area contributed by atoms with Crippen LogP contribution in [-0.4, -0.2) is 36.6 Å². The number of nitrogens with zero attached hydrogens (tertiary/aromatic N) is 1. The van der Waals surface area contributed by atoms with Gasteiger partial charge in [0.25, 0.3) is 0 Å². The first-order valence-corrected chi connectivity index (χ1v) is 8.66. The SMILES string of the molecule is COC(=O)[C@H]1C[C@H]2CC[C@H]([C@H]1c1ccccc1)N2CC1CC1. The average Bonchev–Trinajstić information content (AvgIpc) is 3.33. The number of hydrogen-bond donors (Lipinski definition) is 0. The van der Waals surface area contributed by atoms with Crippen LogP contribution in [-0.2, 0) is 9.53 Å². The molecular formula is C19H25NO2. The second-order valence-corrected chi connectivity index (χ2v) is 7.24. The summed E-state index contributed by atoms with van der Waals surface area (Å²) in [4.78, 5) is 15.1. The predicted octanol–water partition coefficient (Wildman–Crippen LogP) is 3.21. The Kier molecular flexibility index (Phi) is 3.69. The van der Waals surface area contributed by atoms with Crippen molar-refractivity contribution in [1.29, 1.82) is 0 Å².